The van der Waals surface area contributed by atoms with E-state index >= 15 is 0 Å². The molecule has 0 fully saturated rings. The van der Waals surface area contributed by atoms with Crippen molar-refractivity contribution in [3.63, 3.8) is 0 Å². The lowest BCUT2D eigenvalue weighted by atomic mass is 9.98. The lowest BCUT2D eigenvalue weighted by Gasteiger charge is -2.24. The van der Waals surface area contributed by atoms with Crippen LogP contribution in [-0.2, 0) is 4.79 Å². The molecule has 2 rings (SSSR count). The van der Waals surface area contributed by atoms with Gasteiger partial charge < -0.3 is 15.4 Å². The number of nitrogens with one attached hydrogen (secondary N) is 2. The van der Waals surface area contributed by atoms with E-state index in [2.05, 4.69) is 15.3 Å². The molecule has 100 valence electrons. The maximum atomic E-state index is 12.1. The van der Waals surface area contributed by atoms with Crippen molar-refractivity contribution in [2.75, 3.05) is 0 Å². The Labute approximate surface area is 109 Å². The monoisotopic (exact) mass is 261 g/mol. The Morgan fingerprint density at radius 1 is 1.47 bits per heavy atom. The molecule has 2 aromatic rings. The number of aliphatic carboxylic acids is 1. The number of imidazole rings is 1. The van der Waals surface area contributed by atoms with E-state index < -0.39 is 17.4 Å². The summed E-state index contributed by atoms with van der Waals surface area (Å²) in [5, 5.41) is 11.7. The smallest absolute Gasteiger partial charge is 0.329 e. The number of carbonyl (C=O) groups excluding carboxylic acids is 1. The van der Waals surface area contributed by atoms with E-state index in [0.29, 0.717) is 12.0 Å². The predicted octanol–water partition coefficient (Wildman–Crippen LogP) is 1.55. The molecule has 0 spiro atoms. The fraction of sp³-hybridized carbons (Fsp3) is 0.308. The van der Waals surface area contributed by atoms with Crippen LogP contribution in [0.25, 0.3) is 11.0 Å². The SMILES string of the molecule is CCC(C)(NC(=O)c1ccc2nc[nH]c2c1)C(=O)O. The number of hydrogen-bond acceptors (Lipinski definition) is 3. The van der Waals surface area contributed by atoms with Crippen LogP contribution < -0.4 is 5.32 Å². The highest BCUT2D eigenvalue weighted by molar-refractivity contribution is 5.99. The number of carbonyl (C=O) groups is 2. The minimum absolute atomic E-state index is 0.306. The van der Waals surface area contributed by atoms with Gasteiger partial charge in [-0.05, 0) is 31.5 Å². The zero-order valence-electron chi connectivity index (χ0n) is 10.7. The summed E-state index contributed by atoms with van der Waals surface area (Å²) >= 11 is 0. The maximum Gasteiger partial charge on any atom is 0.329 e. The standard InChI is InChI=1S/C13H15N3O3/c1-3-13(2,12(18)19)16-11(17)8-4-5-9-10(6-8)15-7-14-9/h4-7H,3H2,1-2H3,(H,14,15)(H,16,17)(H,18,19). The van der Waals surface area contributed by atoms with Gasteiger partial charge in [0.1, 0.15) is 5.54 Å². The molecule has 0 saturated carbocycles. The fourth-order valence-corrected chi connectivity index (χ4v) is 1.69. The van der Waals surface area contributed by atoms with Crippen molar-refractivity contribution in [3.8, 4) is 0 Å². The average Bonchev–Trinajstić information content (AvgIpc) is 2.85. The third-order valence-corrected chi connectivity index (χ3v) is 3.25. The molecule has 0 aliphatic heterocycles. The van der Waals surface area contributed by atoms with Crippen LogP contribution in [0, 0.1) is 0 Å². The molecule has 0 aliphatic rings. The second-order valence-corrected chi connectivity index (χ2v) is 4.58. The molecule has 0 aliphatic carbocycles. The summed E-state index contributed by atoms with van der Waals surface area (Å²) in [5.74, 6) is -1.46. The summed E-state index contributed by atoms with van der Waals surface area (Å²) in [6, 6.07) is 4.98. The lowest BCUT2D eigenvalue weighted by Crippen LogP contribution is -2.51. The van der Waals surface area contributed by atoms with Crippen molar-refractivity contribution in [1.29, 1.82) is 0 Å². The number of nitrogens with zero attached hydrogens (tertiary/aromatic N) is 1. The molecule has 6 heteroatoms. The van der Waals surface area contributed by atoms with Crippen LogP contribution in [0.1, 0.15) is 30.6 Å². The van der Waals surface area contributed by atoms with Crippen LogP contribution in [0.4, 0.5) is 0 Å². The number of aromatic nitrogens is 2. The third kappa shape index (κ3) is 2.42. The van der Waals surface area contributed by atoms with E-state index in [4.69, 9.17) is 5.11 Å². The van der Waals surface area contributed by atoms with Gasteiger partial charge >= 0.3 is 5.97 Å². The van der Waals surface area contributed by atoms with Gasteiger partial charge in [-0.3, -0.25) is 4.79 Å². The van der Waals surface area contributed by atoms with Gasteiger partial charge in [0.05, 0.1) is 17.4 Å². The summed E-state index contributed by atoms with van der Waals surface area (Å²) in [6.45, 7) is 3.20. The first kappa shape index (κ1) is 13.1. The average molecular weight is 261 g/mol. The molecule has 1 aromatic heterocycles. The van der Waals surface area contributed by atoms with Crippen molar-refractivity contribution >= 4 is 22.9 Å². The molecular formula is C13H15N3O3. The Kier molecular flexibility index (Phi) is 3.25. The van der Waals surface area contributed by atoms with Crippen molar-refractivity contribution in [2.45, 2.75) is 25.8 Å². The molecule has 1 unspecified atom stereocenters. The van der Waals surface area contributed by atoms with Gasteiger partial charge in [-0.2, -0.15) is 0 Å². The van der Waals surface area contributed by atoms with E-state index in [-0.39, 0.29) is 0 Å². The van der Waals surface area contributed by atoms with Gasteiger partial charge in [-0.1, -0.05) is 6.92 Å². The Hall–Kier alpha value is -2.37. The highest BCUT2D eigenvalue weighted by Gasteiger charge is 2.33. The summed E-state index contributed by atoms with van der Waals surface area (Å²) in [4.78, 5) is 30.2. The summed E-state index contributed by atoms with van der Waals surface area (Å²) in [5.41, 5.74) is 0.631. The van der Waals surface area contributed by atoms with Crippen LogP contribution in [0.5, 0.6) is 0 Å². The van der Waals surface area contributed by atoms with E-state index in [1.54, 1.807) is 31.5 Å². The molecule has 1 amide bonds. The first-order valence-corrected chi connectivity index (χ1v) is 5.95. The Bertz CT molecular complexity index is 635. The van der Waals surface area contributed by atoms with Crippen molar-refractivity contribution in [3.05, 3.63) is 30.1 Å². The maximum absolute atomic E-state index is 12.1. The molecule has 0 saturated heterocycles. The first-order valence-electron chi connectivity index (χ1n) is 5.95. The van der Waals surface area contributed by atoms with Crippen LogP contribution in [0.15, 0.2) is 24.5 Å². The Balaban J connectivity index is 2.26. The number of H-pyrrole nitrogens is 1. The van der Waals surface area contributed by atoms with Crippen LogP contribution in [0.3, 0.4) is 0 Å². The number of amides is 1. The van der Waals surface area contributed by atoms with Crippen LogP contribution in [0.2, 0.25) is 0 Å². The van der Waals surface area contributed by atoms with Crippen molar-refractivity contribution in [1.82, 2.24) is 15.3 Å². The Morgan fingerprint density at radius 2 is 2.21 bits per heavy atom. The molecule has 1 atom stereocenters. The number of benzene rings is 1. The minimum Gasteiger partial charge on any atom is -0.480 e. The van der Waals surface area contributed by atoms with Gasteiger partial charge in [-0.25, -0.2) is 9.78 Å². The van der Waals surface area contributed by atoms with Crippen molar-refractivity contribution in [2.24, 2.45) is 0 Å². The van der Waals surface area contributed by atoms with Crippen LogP contribution in [-0.4, -0.2) is 32.5 Å². The number of fused-ring (bicyclic) bond motifs is 1. The largest absolute Gasteiger partial charge is 0.480 e. The zero-order chi connectivity index (χ0) is 14.0. The second-order valence-electron chi connectivity index (χ2n) is 4.58. The molecule has 1 heterocycles. The molecule has 6 nitrogen and oxygen atoms in total. The van der Waals surface area contributed by atoms with Crippen LogP contribution >= 0.6 is 0 Å². The van der Waals surface area contributed by atoms with Gasteiger partial charge in [0.15, 0.2) is 0 Å². The number of carboxylic acid groups (broad SMARTS) is 1. The summed E-state index contributed by atoms with van der Waals surface area (Å²) in [7, 11) is 0. The number of carboxylic acids is 1. The summed E-state index contributed by atoms with van der Waals surface area (Å²) < 4.78 is 0. The predicted molar refractivity (Wildman–Crippen MR) is 69.9 cm³/mol. The zero-order valence-corrected chi connectivity index (χ0v) is 10.7. The lowest BCUT2D eigenvalue weighted by molar-refractivity contribution is -0.143. The molecular weight excluding hydrogens is 246 g/mol. The third-order valence-electron chi connectivity index (χ3n) is 3.25. The normalized spacial score (nSPS) is 14.0. The molecule has 1 aromatic carbocycles. The molecule has 0 bridgehead atoms. The van der Waals surface area contributed by atoms with E-state index in [9.17, 15) is 9.59 Å². The number of hydrogen-bond donors (Lipinski definition) is 3. The Morgan fingerprint density at radius 3 is 2.84 bits per heavy atom. The number of rotatable bonds is 4. The molecule has 0 radical (unpaired) electrons. The number of aromatic amines is 1. The topological polar surface area (TPSA) is 95.1 Å². The van der Waals surface area contributed by atoms with Crippen molar-refractivity contribution < 1.29 is 14.7 Å². The fourth-order valence-electron chi connectivity index (χ4n) is 1.69. The molecule has 19 heavy (non-hydrogen) atoms. The van der Waals surface area contributed by atoms with Gasteiger partial charge in [0, 0.05) is 5.56 Å². The highest BCUT2D eigenvalue weighted by atomic mass is 16.4. The van der Waals surface area contributed by atoms with E-state index in [1.165, 1.54) is 6.92 Å². The van der Waals surface area contributed by atoms with E-state index in [0.717, 1.165) is 11.0 Å². The van der Waals surface area contributed by atoms with Gasteiger partial charge in [0.25, 0.3) is 5.91 Å². The summed E-state index contributed by atoms with van der Waals surface area (Å²) in [6.07, 6.45) is 1.85. The second kappa shape index (κ2) is 4.72. The quantitative estimate of drug-likeness (QED) is 0.778. The first-order chi connectivity index (χ1) is 8.96. The minimum atomic E-state index is -1.26. The highest BCUT2D eigenvalue weighted by Crippen LogP contribution is 2.14. The molecule has 3 N–H and O–H groups in total. The van der Waals surface area contributed by atoms with Gasteiger partial charge in [-0.15, -0.1) is 0 Å². The van der Waals surface area contributed by atoms with Gasteiger partial charge in [0.2, 0.25) is 0 Å². The van der Waals surface area contributed by atoms with E-state index in [1.807, 2.05) is 0 Å².